The van der Waals surface area contributed by atoms with Crippen molar-refractivity contribution in [3.8, 4) is 0 Å². The van der Waals surface area contributed by atoms with E-state index in [0.717, 1.165) is 11.0 Å². The summed E-state index contributed by atoms with van der Waals surface area (Å²) in [5.74, 6) is -0.613. The van der Waals surface area contributed by atoms with Gasteiger partial charge in [0, 0.05) is 19.0 Å². The topological polar surface area (TPSA) is 51.0 Å². The zero-order valence-electron chi connectivity index (χ0n) is 11.4. The SMILES string of the molecule is CCC(C)C(=O)CN1CCn2c(nnc2C(F)(F)F)C1. The number of hydrogen-bond donors (Lipinski definition) is 0. The van der Waals surface area contributed by atoms with Gasteiger partial charge >= 0.3 is 6.18 Å². The van der Waals surface area contributed by atoms with Crippen molar-refractivity contribution in [3.05, 3.63) is 11.6 Å². The van der Waals surface area contributed by atoms with Gasteiger partial charge in [-0.2, -0.15) is 13.2 Å². The van der Waals surface area contributed by atoms with Crippen LogP contribution in [-0.2, 0) is 24.1 Å². The molecular weight excluding hydrogens is 273 g/mol. The van der Waals surface area contributed by atoms with Crippen LogP contribution in [0.3, 0.4) is 0 Å². The van der Waals surface area contributed by atoms with Crippen molar-refractivity contribution < 1.29 is 18.0 Å². The molecular formula is C12H17F3N4O. The van der Waals surface area contributed by atoms with Crippen molar-refractivity contribution >= 4 is 5.78 Å². The average molecular weight is 290 g/mol. The zero-order chi connectivity index (χ0) is 14.9. The van der Waals surface area contributed by atoms with E-state index in [1.807, 2.05) is 18.7 Å². The third kappa shape index (κ3) is 3.00. The van der Waals surface area contributed by atoms with Gasteiger partial charge in [-0.3, -0.25) is 9.69 Å². The minimum Gasteiger partial charge on any atom is -0.305 e. The summed E-state index contributed by atoms with van der Waals surface area (Å²) in [6, 6.07) is 0. The first kappa shape index (κ1) is 15.0. The Morgan fingerprint density at radius 2 is 2.05 bits per heavy atom. The van der Waals surface area contributed by atoms with E-state index in [1.54, 1.807) is 0 Å². The molecule has 20 heavy (non-hydrogen) atoms. The molecule has 5 nitrogen and oxygen atoms in total. The number of rotatable bonds is 4. The third-order valence-corrected chi connectivity index (χ3v) is 3.63. The molecule has 0 N–H and O–H groups in total. The Hall–Kier alpha value is -1.44. The van der Waals surface area contributed by atoms with Gasteiger partial charge in [0.2, 0.25) is 5.82 Å². The molecule has 8 heteroatoms. The molecule has 0 saturated carbocycles. The molecule has 0 saturated heterocycles. The Morgan fingerprint density at radius 3 is 2.65 bits per heavy atom. The molecule has 1 aliphatic heterocycles. The lowest BCUT2D eigenvalue weighted by Gasteiger charge is -2.27. The molecule has 0 amide bonds. The summed E-state index contributed by atoms with van der Waals surface area (Å²) in [7, 11) is 0. The van der Waals surface area contributed by atoms with Crippen LogP contribution in [0, 0.1) is 5.92 Å². The number of hydrogen-bond acceptors (Lipinski definition) is 4. The number of halogens is 3. The number of ketones is 1. The second kappa shape index (κ2) is 5.51. The van der Waals surface area contributed by atoms with Gasteiger partial charge in [0.05, 0.1) is 13.1 Å². The number of nitrogens with zero attached hydrogens (tertiary/aromatic N) is 4. The first-order chi connectivity index (χ1) is 9.32. The minimum absolute atomic E-state index is 0.0273. The molecule has 0 bridgehead atoms. The fourth-order valence-electron chi connectivity index (χ4n) is 2.16. The lowest BCUT2D eigenvalue weighted by molar-refractivity contribution is -0.148. The van der Waals surface area contributed by atoms with Gasteiger partial charge in [-0.05, 0) is 6.42 Å². The van der Waals surface area contributed by atoms with Gasteiger partial charge in [-0.25, -0.2) is 0 Å². The molecule has 1 aromatic rings. The first-order valence-electron chi connectivity index (χ1n) is 6.57. The average Bonchev–Trinajstić information content (AvgIpc) is 2.80. The van der Waals surface area contributed by atoms with Crippen LogP contribution in [0.2, 0.25) is 0 Å². The van der Waals surface area contributed by atoms with Crippen LogP contribution in [0.4, 0.5) is 13.2 Å². The van der Waals surface area contributed by atoms with E-state index in [9.17, 15) is 18.0 Å². The van der Waals surface area contributed by atoms with Gasteiger partial charge in [-0.15, -0.1) is 10.2 Å². The zero-order valence-corrected chi connectivity index (χ0v) is 11.4. The molecule has 0 aliphatic carbocycles. The molecule has 0 radical (unpaired) electrons. The second-order valence-corrected chi connectivity index (χ2v) is 5.08. The van der Waals surface area contributed by atoms with E-state index in [4.69, 9.17) is 0 Å². The molecule has 1 unspecified atom stereocenters. The van der Waals surface area contributed by atoms with Crippen molar-refractivity contribution in [2.24, 2.45) is 5.92 Å². The quantitative estimate of drug-likeness (QED) is 0.847. The number of carbonyl (C=O) groups excluding carboxylic acids is 1. The Morgan fingerprint density at radius 1 is 1.35 bits per heavy atom. The van der Waals surface area contributed by atoms with E-state index >= 15 is 0 Å². The number of aromatic nitrogens is 3. The van der Waals surface area contributed by atoms with Gasteiger partial charge in [0.25, 0.3) is 0 Å². The maximum Gasteiger partial charge on any atom is 0.451 e. The van der Waals surface area contributed by atoms with Crippen LogP contribution in [0.5, 0.6) is 0 Å². The van der Waals surface area contributed by atoms with Crippen molar-refractivity contribution in [1.82, 2.24) is 19.7 Å². The maximum atomic E-state index is 12.7. The highest BCUT2D eigenvalue weighted by Gasteiger charge is 2.39. The van der Waals surface area contributed by atoms with E-state index in [1.165, 1.54) is 0 Å². The van der Waals surface area contributed by atoms with Crippen molar-refractivity contribution in [2.75, 3.05) is 13.1 Å². The van der Waals surface area contributed by atoms with E-state index < -0.39 is 12.0 Å². The summed E-state index contributed by atoms with van der Waals surface area (Å²) in [6.45, 7) is 4.83. The second-order valence-electron chi connectivity index (χ2n) is 5.08. The molecule has 0 aromatic carbocycles. The smallest absolute Gasteiger partial charge is 0.305 e. The monoisotopic (exact) mass is 290 g/mol. The van der Waals surface area contributed by atoms with Gasteiger partial charge in [0.15, 0.2) is 0 Å². The van der Waals surface area contributed by atoms with Crippen LogP contribution in [-0.4, -0.2) is 38.5 Å². The molecule has 0 spiro atoms. The summed E-state index contributed by atoms with van der Waals surface area (Å²) in [4.78, 5) is 13.7. The summed E-state index contributed by atoms with van der Waals surface area (Å²) >= 11 is 0. The minimum atomic E-state index is -4.49. The highest BCUT2D eigenvalue weighted by Crippen LogP contribution is 2.29. The molecule has 0 fully saturated rings. The van der Waals surface area contributed by atoms with Crippen LogP contribution in [0.25, 0.3) is 0 Å². The molecule has 2 rings (SSSR count). The van der Waals surface area contributed by atoms with Gasteiger partial charge < -0.3 is 4.57 Å². The van der Waals surface area contributed by atoms with Crippen LogP contribution < -0.4 is 0 Å². The lowest BCUT2D eigenvalue weighted by Crippen LogP contribution is -2.39. The van der Waals surface area contributed by atoms with Crippen LogP contribution in [0.15, 0.2) is 0 Å². The third-order valence-electron chi connectivity index (χ3n) is 3.63. The van der Waals surface area contributed by atoms with Crippen LogP contribution >= 0.6 is 0 Å². The number of carbonyl (C=O) groups is 1. The standard InChI is InChI=1S/C12H17F3N4O/c1-3-8(2)9(20)6-18-4-5-19-10(7-18)16-17-11(19)12(13,14)15/h8H,3-7H2,1-2H3. The molecule has 112 valence electrons. The molecule has 2 heterocycles. The Bertz CT molecular complexity index is 497. The first-order valence-corrected chi connectivity index (χ1v) is 6.57. The normalized spacial score (nSPS) is 17.9. The summed E-state index contributed by atoms with van der Waals surface area (Å²) in [6.07, 6.45) is -3.72. The van der Waals surface area contributed by atoms with Crippen LogP contribution in [0.1, 0.15) is 31.9 Å². The number of fused-ring (bicyclic) bond motifs is 1. The highest BCUT2D eigenvalue weighted by atomic mass is 19.4. The predicted octanol–water partition coefficient (Wildman–Crippen LogP) is 1.73. The van der Waals surface area contributed by atoms with Crippen molar-refractivity contribution in [2.45, 2.75) is 39.5 Å². The summed E-state index contributed by atoms with van der Waals surface area (Å²) in [5.41, 5.74) is 0. The summed E-state index contributed by atoms with van der Waals surface area (Å²) < 4.78 is 39.1. The fraction of sp³-hybridized carbons (Fsp3) is 0.750. The van der Waals surface area contributed by atoms with Crippen molar-refractivity contribution in [1.29, 1.82) is 0 Å². The van der Waals surface area contributed by atoms with E-state index in [0.29, 0.717) is 6.54 Å². The van der Waals surface area contributed by atoms with E-state index in [2.05, 4.69) is 10.2 Å². The van der Waals surface area contributed by atoms with E-state index in [-0.39, 0.29) is 37.2 Å². The summed E-state index contributed by atoms with van der Waals surface area (Å²) in [5, 5.41) is 6.80. The Balaban J connectivity index is 2.06. The fourth-order valence-corrected chi connectivity index (χ4v) is 2.16. The Labute approximate surface area is 114 Å². The number of alkyl halides is 3. The van der Waals surface area contributed by atoms with Gasteiger partial charge in [-0.1, -0.05) is 13.8 Å². The maximum absolute atomic E-state index is 12.7. The molecule has 1 aliphatic rings. The predicted molar refractivity (Wildman–Crippen MR) is 64.8 cm³/mol. The molecule has 1 atom stereocenters. The van der Waals surface area contributed by atoms with Crippen molar-refractivity contribution in [3.63, 3.8) is 0 Å². The van der Waals surface area contributed by atoms with Gasteiger partial charge in [0.1, 0.15) is 11.6 Å². The number of Topliss-reactive ketones (excluding diaryl/α,β-unsaturated/α-hetero) is 1. The molecule has 1 aromatic heterocycles. The lowest BCUT2D eigenvalue weighted by atomic mass is 10.0. The Kier molecular flexibility index (Phi) is 4.12. The largest absolute Gasteiger partial charge is 0.451 e. The highest BCUT2D eigenvalue weighted by molar-refractivity contribution is 5.82.